The highest BCUT2D eigenvalue weighted by molar-refractivity contribution is 7.99. The Bertz CT molecular complexity index is 439. The highest BCUT2D eigenvalue weighted by atomic mass is 32.2. The van der Waals surface area contributed by atoms with Gasteiger partial charge in [0.05, 0.1) is 5.54 Å². The van der Waals surface area contributed by atoms with Crippen molar-refractivity contribution in [2.45, 2.75) is 77.5 Å². The van der Waals surface area contributed by atoms with Crippen molar-refractivity contribution in [3.8, 4) is 0 Å². The number of guanidine groups is 1. The van der Waals surface area contributed by atoms with Gasteiger partial charge in [0.15, 0.2) is 5.96 Å². The maximum absolute atomic E-state index is 12.2. The molecule has 1 unspecified atom stereocenters. The molecule has 1 saturated heterocycles. The molecule has 1 heterocycles. The van der Waals surface area contributed by atoms with Crippen LogP contribution in [0.1, 0.15) is 60.3 Å². The predicted octanol–water partition coefficient (Wildman–Crippen LogP) is 3.13. The number of carbonyl (C=O) groups is 1. The molecular formula is C18H36N4O2S. The molecule has 0 spiro atoms. The van der Waals surface area contributed by atoms with E-state index in [-0.39, 0.29) is 11.6 Å². The largest absolute Gasteiger partial charge is 0.444 e. The van der Waals surface area contributed by atoms with Crippen molar-refractivity contribution in [1.82, 2.24) is 16.0 Å². The summed E-state index contributed by atoms with van der Waals surface area (Å²) in [7, 11) is 1.78. The summed E-state index contributed by atoms with van der Waals surface area (Å²) in [6, 6.07) is 0.460. The second-order valence-corrected chi connectivity index (χ2v) is 8.75. The molecule has 0 aromatic rings. The average Bonchev–Trinajstić information content (AvgIpc) is 2.56. The third-order valence-corrected chi connectivity index (χ3v) is 5.65. The van der Waals surface area contributed by atoms with Gasteiger partial charge in [-0.25, -0.2) is 4.79 Å². The topological polar surface area (TPSA) is 74.8 Å². The zero-order valence-electron chi connectivity index (χ0n) is 16.7. The number of hydrogen-bond donors (Lipinski definition) is 3. The monoisotopic (exact) mass is 372 g/mol. The number of carbonyl (C=O) groups excluding carboxylic acids is 1. The van der Waals surface area contributed by atoms with E-state index >= 15 is 0 Å². The van der Waals surface area contributed by atoms with Gasteiger partial charge in [-0.1, -0.05) is 13.8 Å². The van der Waals surface area contributed by atoms with Crippen LogP contribution in [0.5, 0.6) is 0 Å². The van der Waals surface area contributed by atoms with E-state index in [1.165, 1.54) is 18.6 Å². The Morgan fingerprint density at radius 2 is 1.96 bits per heavy atom. The highest BCUT2D eigenvalue weighted by Crippen LogP contribution is 2.18. The Labute approximate surface area is 157 Å². The molecule has 7 heteroatoms. The number of nitrogens with zero attached hydrogens (tertiary/aromatic N) is 1. The van der Waals surface area contributed by atoms with E-state index < -0.39 is 5.60 Å². The van der Waals surface area contributed by atoms with Crippen LogP contribution in [0.15, 0.2) is 4.99 Å². The van der Waals surface area contributed by atoms with Crippen LogP contribution in [-0.4, -0.2) is 54.3 Å². The molecule has 1 fully saturated rings. The SMILES string of the molecule is CCC(CC)(CNC(=NC)NC1CCCSC1)NC(=O)OC(C)(C)C. The van der Waals surface area contributed by atoms with Crippen molar-refractivity contribution in [1.29, 1.82) is 0 Å². The van der Waals surface area contributed by atoms with Crippen molar-refractivity contribution in [3.63, 3.8) is 0 Å². The van der Waals surface area contributed by atoms with Gasteiger partial charge in [0.2, 0.25) is 0 Å². The van der Waals surface area contributed by atoms with Crippen LogP contribution in [0.2, 0.25) is 0 Å². The maximum Gasteiger partial charge on any atom is 0.408 e. The fraction of sp³-hybridized carbons (Fsp3) is 0.889. The highest BCUT2D eigenvalue weighted by Gasteiger charge is 2.31. The normalized spacial score (nSPS) is 19.3. The first-order valence-corrected chi connectivity index (χ1v) is 10.4. The average molecular weight is 373 g/mol. The lowest BCUT2D eigenvalue weighted by atomic mass is 9.93. The molecule has 0 aliphatic carbocycles. The first kappa shape index (κ1) is 21.9. The quantitative estimate of drug-likeness (QED) is 0.493. The zero-order valence-corrected chi connectivity index (χ0v) is 17.5. The van der Waals surface area contributed by atoms with Crippen LogP contribution in [-0.2, 0) is 4.74 Å². The van der Waals surface area contributed by atoms with Gasteiger partial charge in [-0.2, -0.15) is 11.8 Å². The first-order chi connectivity index (χ1) is 11.7. The Morgan fingerprint density at radius 3 is 2.44 bits per heavy atom. The number of hydrogen-bond acceptors (Lipinski definition) is 4. The van der Waals surface area contributed by atoms with Crippen molar-refractivity contribution in [2.75, 3.05) is 25.1 Å². The number of nitrogens with one attached hydrogen (secondary N) is 3. The van der Waals surface area contributed by atoms with Crippen molar-refractivity contribution < 1.29 is 9.53 Å². The summed E-state index contributed by atoms with van der Waals surface area (Å²) in [6.07, 6.45) is 3.67. The van der Waals surface area contributed by atoms with Gasteiger partial charge in [0, 0.05) is 25.4 Å². The Balaban J connectivity index is 2.60. The van der Waals surface area contributed by atoms with Crippen LogP contribution >= 0.6 is 11.8 Å². The van der Waals surface area contributed by atoms with Gasteiger partial charge in [0.25, 0.3) is 0 Å². The number of alkyl carbamates (subject to hydrolysis) is 1. The molecule has 1 rings (SSSR count). The molecule has 0 radical (unpaired) electrons. The molecule has 146 valence electrons. The summed E-state index contributed by atoms with van der Waals surface area (Å²) in [5, 5.41) is 9.94. The molecule has 1 amide bonds. The van der Waals surface area contributed by atoms with Crippen LogP contribution in [0.4, 0.5) is 4.79 Å². The number of ether oxygens (including phenoxy) is 1. The minimum atomic E-state index is -0.499. The molecular weight excluding hydrogens is 336 g/mol. The number of thioether (sulfide) groups is 1. The van der Waals surface area contributed by atoms with Gasteiger partial charge in [-0.05, 0) is 52.2 Å². The van der Waals surface area contributed by atoms with Crippen molar-refractivity contribution in [3.05, 3.63) is 0 Å². The van der Waals surface area contributed by atoms with E-state index in [9.17, 15) is 4.79 Å². The summed E-state index contributed by atoms with van der Waals surface area (Å²) in [5.74, 6) is 3.16. The van der Waals surface area contributed by atoms with Crippen molar-refractivity contribution >= 4 is 23.8 Å². The smallest absolute Gasteiger partial charge is 0.408 e. The minimum Gasteiger partial charge on any atom is -0.444 e. The maximum atomic E-state index is 12.2. The molecule has 0 aromatic carbocycles. The zero-order chi connectivity index (χ0) is 18.9. The fourth-order valence-electron chi connectivity index (χ4n) is 2.74. The van der Waals surface area contributed by atoms with E-state index in [2.05, 4.69) is 34.8 Å². The molecule has 1 aliphatic heterocycles. The third-order valence-electron chi connectivity index (χ3n) is 4.44. The van der Waals surface area contributed by atoms with Crippen LogP contribution in [0.3, 0.4) is 0 Å². The summed E-state index contributed by atoms with van der Waals surface area (Å²) >= 11 is 1.98. The fourth-order valence-corrected chi connectivity index (χ4v) is 3.81. The third kappa shape index (κ3) is 8.21. The Kier molecular flexibility index (Phi) is 8.89. The van der Waals surface area contributed by atoms with Gasteiger partial charge >= 0.3 is 6.09 Å². The number of aliphatic imine (C=N–C) groups is 1. The molecule has 0 bridgehead atoms. The summed E-state index contributed by atoms with van der Waals surface area (Å²) in [5.41, 5.74) is -0.859. The van der Waals surface area contributed by atoms with E-state index in [0.717, 1.165) is 24.6 Å². The number of amides is 1. The first-order valence-electron chi connectivity index (χ1n) is 9.29. The van der Waals surface area contributed by atoms with Gasteiger partial charge in [0.1, 0.15) is 5.60 Å². The molecule has 0 saturated carbocycles. The minimum absolute atomic E-state index is 0.360. The molecule has 6 nitrogen and oxygen atoms in total. The molecule has 3 N–H and O–H groups in total. The van der Waals surface area contributed by atoms with E-state index in [4.69, 9.17) is 4.74 Å². The van der Waals surface area contributed by atoms with E-state index in [1.807, 2.05) is 32.5 Å². The lowest BCUT2D eigenvalue weighted by Crippen LogP contribution is -2.58. The second-order valence-electron chi connectivity index (χ2n) is 7.60. The Hall–Kier alpha value is -1.11. The number of rotatable bonds is 6. The van der Waals surface area contributed by atoms with Gasteiger partial charge < -0.3 is 20.7 Å². The summed E-state index contributed by atoms with van der Waals surface area (Å²) in [6.45, 7) is 10.4. The molecule has 1 atom stereocenters. The van der Waals surface area contributed by atoms with Crippen LogP contribution in [0.25, 0.3) is 0 Å². The second kappa shape index (κ2) is 10.1. The standard InChI is InChI=1S/C18H36N4O2S/c1-7-18(8-2,22-16(23)24-17(3,4)5)13-20-15(19-6)21-14-10-9-11-25-12-14/h14H,7-13H2,1-6H3,(H,22,23)(H2,19,20,21). The van der Waals surface area contributed by atoms with E-state index in [0.29, 0.717) is 12.6 Å². The molecule has 25 heavy (non-hydrogen) atoms. The van der Waals surface area contributed by atoms with E-state index in [1.54, 1.807) is 7.05 Å². The predicted molar refractivity (Wildman–Crippen MR) is 108 cm³/mol. The lowest BCUT2D eigenvalue weighted by Gasteiger charge is -2.35. The molecule has 1 aliphatic rings. The summed E-state index contributed by atoms with van der Waals surface area (Å²) in [4.78, 5) is 16.5. The lowest BCUT2D eigenvalue weighted by molar-refractivity contribution is 0.0448. The Morgan fingerprint density at radius 1 is 1.28 bits per heavy atom. The summed E-state index contributed by atoms with van der Waals surface area (Å²) < 4.78 is 5.43. The van der Waals surface area contributed by atoms with Gasteiger partial charge in [-0.15, -0.1) is 0 Å². The molecule has 0 aromatic heterocycles. The van der Waals surface area contributed by atoms with Gasteiger partial charge in [-0.3, -0.25) is 4.99 Å². The van der Waals surface area contributed by atoms with Crippen LogP contribution in [0, 0.1) is 0 Å². The van der Waals surface area contributed by atoms with Crippen LogP contribution < -0.4 is 16.0 Å². The van der Waals surface area contributed by atoms with Crippen molar-refractivity contribution in [2.24, 2.45) is 4.99 Å².